The minimum Gasteiger partial charge on any atom is -0.380 e. The van der Waals surface area contributed by atoms with E-state index in [1.165, 1.54) is 16.0 Å². The number of hydrogen-bond donors (Lipinski definition) is 2. The number of hydrogen-bond acceptors (Lipinski definition) is 5. The van der Waals surface area contributed by atoms with Gasteiger partial charge in [0, 0.05) is 36.8 Å². The van der Waals surface area contributed by atoms with Crippen molar-refractivity contribution in [3.05, 3.63) is 34.2 Å². The molecule has 0 aliphatic carbocycles. The van der Waals surface area contributed by atoms with Crippen LogP contribution in [0.5, 0.6) is 0 Å². The van der Waals surface area contributed by atoms with E-state index in [1.807, 2.05) is 29.6 Å². The molecule has 118 valence electrons. The SMILES string of the molecule is CNc1sc2c(c1CN)CCN(C(=O)Cn1cnc(C)c1)C2. The second-order valence-corrected chi connectivity index (χ2v) is 6.62. The first-order valence-corrected chi connectivity index (χ1v) is 8.21. The van der Waals surface area contributed by atoms with E-state index in [9.17, 15) is 4.79 Å². The van der Waals surface area contributed by atoms with E-state index < -0.39 is 0 Å². The van der Waals surface area contributed by atoms with Crippen molar-refractivity contribution < 1.29 is 4.79 Å². The van der Waals surface area contributed by atoms with Gasteiger partial charge in [-0.15, -0.1) is 11.3 Å². The van der Waals surface area contributed by atoms with E-state index in [2.05, 4.69) is 10.3 Å². The normalized spacial score (nSPS) is 14.0. The summed E-state index contributed by atoms with van der Waals surface area (Å²) in [6.07, 6.45) is 4.48. The van der Waals surface area contributed by atoms with Crippen LogP contribution < -0.4 is 11.1 Å². The molecule has 3 N–H and O–H groups in total. The number of thiophene rings is 1. The summed E-state index contributed by atoms with van der Waals surface area (Å²) < 4.78 is 1.84. The lowest BCUT2D eigenvalue weighted by atomic mass is 10.0. The number of anilines is 1. The Morgan fingerprint density at radius 1 is 1.55 bits per heavy atom. The third kappa shape index (κ3) is 2.74. The van der Waals surface area contributed by atoms with E-state index in [1.54, 1.807) is 17.7 Å². The number of nitrogens with one attached hydrogen (secondary N) is 1. The average molecular weight is 319 g/mol. The van der Waals surface area contributed by atoms with Gasteiger partial charge < -0.3 is 20.5 Å². The highest BCUT2D eigenvalue weighted by molar-refractivity contribution is 7.16. The maximum Gasteiger partial charge on any atom is 0.242 e. The Kier molecular flexibility index (Phi) is 4.17. The zero-order valence-electron chi connectivity index (χ0n) is 12.9. The van der Waals surface area contributed by atoms with Crippen molar-refractivity contribution in [1.29, 1.82) is 0 Å². The molecular weight excluding hydrogens is 298 g/mol. The highest BCUT2D eigenvalue weighted by atomic mass is 32.1. The van der Waals surface area contributed by atoms with Crippen LogP contribution in [0.2, 0.25) is 0 Å². The fourth-order valence-corrected chi connectivity index (χ4v) is 4.16. The average Bonchev–Trinajstić information content (AvgIpc) is 3.08. The van der Waals surface area contributed by atoms with Crippen molar-refractivity contribution in [2.45, 2.75) is 33.0 Å². The summed E-state index contributed by atoms with van der Waals surface area (Å²) in [5.41, 5.74) is 9.34. The maximum atomic E-state index is 12.5. The van der Waals surface area contributed by atoms with E-state index in [4.69, 9.17) is 5.73 Å². The van der Waals surface area contributed by atoms with Crippen LogP contribution in [0.25, 0.3) is 0 Å². The van der Waals surface area contributed by atoms with Gasteiger partial charge in [0.1, 0.15) is 6.54 Å². The molecule has 3 heterocycles. The Morgan fingerprint density at radius 3 is 3.00 bits per heavy atom. The summed E-state index contributed by atoms with van der Waals surface area (Å²) in [6.45, 7) is 4.26. The van der Waals surface area contributed by atoms with Gasteiger partial charge in [0.05, 0.1) is 23.6 Å². The van der Waals surface area contributed by atoms with Gasteiger partial charge in [-0.05, 0) is 18.9 Å². The number of carbonyl (C=O) groups is 1. The first kappa shape index (κ1) is 15.1. The molecule has 0 atom stereocenters. The Morgan fingerprint density at radius 2 is 2.36 bits per heavy atom. The number of aryl methyl sites for hydroxylation is 1. The predicted molar refractivity (Wildman–Crippen MR) is 87.8 cm³/mol. The zero-order chi connectivity index (χ0) is 15.7. The van der Waals surface area contributed by atoms with Crippen LogP contribution in [-0.4, -0.2) is 34.0 Å². The zero-order valence-corrected chi connectivity index (χ0v) is 13.7. The van der Waals surface area contributed by atoms with E-state index in [-0.39, 0.29) is 5.91 Å². The van der Waals surface area contributed by atoms with Gasteiger partial charge in [-0.25, -0.2) is 4.98 Å². The number of aromatic nitrogens is 2. The smallest absolute Gasteiger partial charge is 0.242 e. The van der Waals surface area contributed by atoms with E-state index in [0.29, 0.717) is 19.6 Å². The summed E-state index contributed by atoms with van der Waals surface area (Å²) in [5.74, 6) is 0.136. The second-order valence-electron chi connectivity index (χ2n) is 5.52. The van der Waals surface area contributed by atoms with Crippen LogP contribution in [0.1, 0.15) is 21.7 Å². The molecule has 0 unspecified atom stereocenters. The summed E-state index contributed by atoms with van der Waals surface area (Å²) in [4.78, 5) is 19.8. The number of carbonyl (C=O) groups excluding carboxylic acids is 1. The third-order valence-corrected chi connectivity index (χ3v) is 5.31. The minimum absolute atomic E-state index is 0.136. The van der Waals surface area contributed by atoms with Crippen LogP contribution in [-0.2, 0) is 30.8 Å². The molecule has 0 saturated carbocycles. The molecular formula is C15H21N5OS. The van der Waals surface area contributed by atoms with Gasteiger partial charge in [0.25, 0.3) is 0 Å². The van der Waals surface area contributed by atoms with Crippen LogP contribution in [0, 0.1) is 6.92 Å². The van der Waals surface area contributed by atoms with Crippen LogP contribution in [0.4, 0.5) is 5.00 Å². The fraction of sp³-hybridized carbons (Fsp3) is 0.467. The highest BCUT2D eigenvalue weighted by Gasteiger charge is 2.26. The van der Waals surface area contributed by atoms with E-state index >= 15 is 0 Å². The molecule has 0 bridgehead atoms. The maximum absolute atomic E-state index is 12.5. The number of fused-ring (bicyclic) bond motifs is 1. The molecule has 0 radical (unpaired) electrons. The van der Waals surface area contributed by atoms with Crippen LogP contribution >= 0.6 is 11.3 Å². The first-order valence-electron chi connectivity index (χ1n) is 7.39. The van der Waals surface area contributed by atoms with Crippen molar-refractivity contribution in [2.75, 3.05) is 18.9 Å². The molecule has 1 amide bonds. The molecule has 1 aliphatic rings. The summed E-state index contributed by atoms with van der Waals surface area (Å²) in [7, 11) is 1.92. The summed E-state index contributed by atoms with van der Waals surface area (Å²) in [5, 5.41) is 4.34. The van der Waals surface area contributed by atoms with Gasteiger partial charge in [-0.2, -0.15) is 0 Å². The molecule has 0 aromatic carbocycles. The lowest BCUT2D eigenvalue weighted by Crippen LogP contribution is -2.37. The van der Waals surface area contributed by atoms with Crippen LogP contribution in [0.15, 0.2) is 12.5 Å². The second kappa shape index (κ2) is 6.10. The van der Waals surface area contributed by atoms with Gasteiger partial charge in [0.15, 0.2) is 0 Å². The van der Waals surface area contributed by atoms with Crippen molar-refractivity contribution in [3.8, 4) is 0 Å². The van der Waals surface area contributed by atoms with Crippen molar-refractivity contribution in [1.82, 2.24) is 14.5 Å². The Balaban J connectivity index is 1.73. The number of imidazole rings is 1. The monoisotopic (exact) mass is 319 g/mol. The predicted octanol–water partition coefficient (Wildman–Crippen LogP) is 1.34. The van der Waals surface area contributed by atoms with Crippen molar-refractivity contribution in [2.24, 2.45) is 5.73 Å². The van der Waals surface area contributed by atoms with Crippen molar-refractivity contribution in [3.63, 3.8) is 0 Å². The molecule has 2 aromatic rings. The molecule has 7 heteroatoms. The first-order chi connectivity index (χ1) is 10.6. The van der Waals surface area contributed by atoms with Gasteiger partial charge in [-0.3, -0.25) is 4.79 Å². The number of nitrogens with two attached hydrogens (primary N) is 1. The molecule has 0 fully saturated rings. The minimum atomic E-state index is 0.136. The number of amides is 1. The molecule has 0 saturated heterocycles. The quantitative estimate of drug-likeness (QED) is 0.891. The lowest BCUT2D eigenvalue weighted by molar-refractivity contribution is -0.132. The highest BCUT2D eigenvalue weighted by Crippen LogP contribution is 2.36. The Bertz CT molecular complexity index is 690. The molecule has 0 spiro atoms. The summed E-state index contributed by atoms with van der Waals surface area (Å²) >= 11 is 1.71. The van der Waals surface area contributed by atoms with Crippen molar-refractivity contribution >= 4 is 22.2 Å². The van der Waals surface area contributed by atoms with Gasteiger partial charge in [-0.1, -0.05) is 0 Å². The van der Waals surface area contributed by atoms with Gasteiger partial charge in [0.2, 0.25) is 5.91 Å². The van der Waals surface area contributed by atoms with Crippen LogP contribution in [0.3, 0.4) is 0 Å². The Labute approximate surface area is 133 Å². The molecule has 6 nitrogen and oxygen atoms in total. The molecule has 1 aliphatic heterocycles. The Hall–Kier alpha value is -1.86. The summed E-state index contributed by atoms with van der Waals surface area (Å²) in [6, 6.07) is 0. The van der Waals surface area contributed by atoms with Gasteiger partial charge >= 0.3 is 0 Å². The molecule has 2 aromatic heterocycles. The topological polar surface area (TPSA) is 76.2 Å². The number of rotatable bonds is 4. The van der Waals surface area contributed by atoms with E-state index in [0.717, 1.165) is 23.7 Å². The fourth-order valence-electron chi connectivity index (χ4n) is 2.91. The third-order valence-electron chi connectivity index (χ3n) is 4.03. The largest absolute Gasteiger partial charge is 0.380 e. The number of nitrogens with zero attached hydrogens (tertiary/aromatic N) is 3. The lowest BCUT2D eigenvalue weighted by Gasteiger charge is -2.27. The standard InChI is InChI=1S/C15H21N5OS/c1-10-6-19(9-18-10)8-14(21)20-4-3-11-12(5-16)15(17-2)22-13(11)7-20/h6,9,17H,3-5,7-8,16H2,1-2H3. The molecule has 22 heavy (non-hydrogen) atoms. The molecule has 3 rings (SSSR count).